The smallest absolute Gasteiger partial charge is 0.366 e. The Morgan fingerprint density at radius 1 is 1.25 bits per heavy atom. The molecule has 5 rings (SSSR count). The van der Waals surface area contributed by atoms with E-state index in [9.17, 15) is 22.8 Å². The van der Waals surface area contributed by atoms with E-state index in [1.807, 2.05) is 11.6 Å². The normalized spacial score (nSPS) is 17.6. The standard InChI is InChI=1S/C24H24F3N7O2/c1-14(24(25,26)27)9-20(35)17-3-4-18-22(30-17)34(16-6-8-33(18)12-16)23(36)31-21-10-15(5-7-29-21)19-11-28-13-32(19)2/h3-5,7,10-11,13-14,16H,6,8-9,12H2,1-2H3,(H,29,31,36)/t14-,16-/m0/s1. The number of aromatic nitrogens is 4. The van der Waals surface area contributed by atoms with E-state index in [-0.39, 0.29) is 17.6 Å². The van der Waals surface area contributed by atoms with Crippen molar-refractivity contribution in [3.8, 4) is 11.3 Å². The number of nitrogens with zero attached hydrogens (tertiary/aromatic N) is 6. The average Bonchev–Trinajstić information content (AvgIpc) is 3.45. The SMILES string of the molecule is C[C@@H](CC(=O)c1ccc2c(n1)N(C(=O)Nc1cc(-c3cncn3C)ccn1)[C@H]1CCN2C1)C(F)(F)F. The van der Waals surface area contributed by atoms with Crippen molar-refractivity contribution in [2.75, 3.05) is 28.2 Å². The first-order chi connectivity index (χ1) is 17.1. The van der Waals surface area contributed by atoms with Gasteiger partial charge in [0.2, 0.25) is 0 Å². The Kier molecular flexibility index (Phi) is 5.89. The summed E-state index contributed by atoms with van der Waals surface area (Å²) in [6, 6.07) is 5.95. The van der Waals surface area contributed by atoms with Gasteiger partial charge in [0.15, 0.2) is 11.6 Å². The number of alkyl halides is 3. The van der Waals surface area contributed by atoms with Crippen LogP contribution in [0.4, 0.5) is 35.3 Å². The number of aryl methyl sites for hydroxylation is 1. The number of ketones is 1. The number of pyridine rings is 2. The lowest BCUT2D eigenvalue weighted by Gasteiger charge is -2.35. The number of urea groups is 1. The van der Waals surface area contributed by atoms with Crippen LogP contribution in [0.3, 0.4) is 0 Å². The third-order valence-corrected chi connectivity index (χ3v) is 6.61. The third kappa shape index (κ3) is 4.38. The van der Waals surface area contributed by atoms with Gasteiger partial charge < -0.3 is 9.47 Å². The number of hydrogen-bond acceptors (Lipinski definition) is 6. The van der Waals surface area contributed by atoms with Gasteiger partial charge in [0.05, 0.1) is 35.9 Å². The van der Waals surface area contributed by atoms with Crippen molar-refractivity contribution in [3.05, 3.63) is 48.7 Å². The van der Waals surface area contributed by atoms with E-state index in [0.29, 0.717) is 31.0 Å². The molecule has 1 saturated heterocycles. The summed E-state index contributed by atoms with van der Waals surface area (Å²) in [5.74, 6) is -1.93. The van der Waals surface area contributed by atoms with Crippen molar-refractivity contribution in [2.45, 2.75) is 32.0 Å². The van der Waals surface area contributed by atoms with Crippen LogP contribution < -0.4 is 15.1 Å². The van der Waals surface area contributed by atoms with Gasteiger partial charge in [-0.3, -0.25) is 15.0 Å². The predicted molar refractivity (Wildman–Crippen MR) is 127 cm³/mol. The average molecular weight is 499 g/mol. The zero-order valence-corrected chi connectivity index (χ0v) is 19.7. The summed E-state index contributed by atoms with van der Waals surface area (Å²) >= 11 is 0. The lowest BCUT2D eigenvalue weighted by molar-refractivity contribution is -0.168. The van der Waals surface area contributed by atoms with Crippen LogP contribution in [-0.2, 0) is 7.05 Å². The van der Waals surface area contributed by atoms with Gasteiger partial charge in [-0.2, -0.15) is 13.2 Å². The molecule has 1 fully saturated rings. The highest BCUT2D eigenvalue weighted by atomic mass is 19.4. The number of carbonyl (C=O) groups excluding carboxylic acids is 2. The molecule has 2 amide bonds. The molecule has 188 valence electrons. The molecule has 2 aliphatic heterocycles. The minimum Gasteiger partial charge on any atom is -0.366 e. The van der Waals surface area contributed by atoms with E-state index >= 15 is 0 Å². The highest BCUT2D eigenvalue weighted by Crippen LogP contribution is 2.39. The number of imidazole rings is 1. The van der Waals surface area contributed by atoms with Crippen LogP contribution in [0.25, 0.3) is 11.3 Å². The van der Waals surface area contributed by atoms with Crippen molar-refractivity contribution in [3.63, 3.8) is 0 Å². The zero-order chi connectivity index (χ0) is 25.6. The van der Waals surface area contributed by atoms with Crippen LogP contribution in [0.5, 0.6) is 0 Å². The summed E-state index contributed by atoms with van der Waals surface area (Å²) in [4.78, 5) is 42.3. The molecule has 0 spiro atoms. The fourth-order valence-electron chi connectivity index (χ4n) is 4.59. The van der Waals surface area contributed by atoms with Gasteiger partial charge in [-0.15, -0.1) is 0 Å². The summed E-state index contributed by atoms with van der Waals surface area (Å²) in [5.41, 5.74) is 2.23. The second kappa shape index (κ2) is 8.92. The number of Topliss-reactive ketones (excluding diaryl/α,β-unsaturated/α-hetero) is 1. The predicted octanol–water partition coefficient (Wildman–Crippen LogP) is 4.28. The Morgan fingerprint density at radius 3 is 2.78 bits per heavy atom. The second-order valence-electron chi connectivity index (χ2n) is 9.12. The Balaban J connectivity index is 1.42. The van der Waals surface area contributed by atoms with Gasteiger partial charge in [0, 0.05) is 38.3 Å². The maximum Gasteiger partial charge on any atom is 0.391 e. The van der Waals surface area contributed by atoms with Gasteiger partial charge in [0.25, 0.3) is 0 Å². The quantitative estimate of drug-likeness (QED) is 0.527. The fraction of sp³-hybridized carbons (Fsp3) is 0.375. The van der Waals surface area contributed by atoms with Crippen molar-refractivity contribution < 1.29 is 22.8 Å². The first kappa shape index (κ1) is 23.8. The molecule has 36 heavy (non-hydrogen) atoms. The summed E-state index contributed by atoms with van der Waals surface area (Å²) < 4.78 is 40.8. The largest absolute Gasteiger partial charge is 0.391 e. The van der Waals surface area contributed by atoms with Crippen molar-refractivity contribution >= 4 is 29.1 Å². The lowest BCUT2D eigenvalue weighted by atomic mass is 10.0. The van der Waals surface area contributed by atoms with Crippen LogP contribution in [0.2, 0.25) is 0 Å². The van der Waals surface area contributed by atoms with Gasteiger partial charge >= 0.3 is 12.2 Å². The van der Waals surface area contributed by atoms with Crippen LogP contribution in [-0.4, -0.2) is 56.6 Å². The molecule has 3 aromatic rings. The van der Waals surface area contributed by atoms with Crippen LogP contribution >= 0.6 is 0 Å². The first-order valence-corrected chi connectivity index (χ1v) is 11.5. The Hall–Kier alpha value is -3.96. The molecule has 0 saturated carbocycles. The number of carbonyl (C=O) groups is 2. The third-order valence-electron chi connectivity index (χ3n) is 6.61. The number of fused-ring (bicyclic) bond motifs is 4. The van der Waals surface area contributed by atoms with Crippen molar-refractivity contribution in [2.24, 2.45) is 13.0 Å². The Labute approximate surface area is 205 Å². The molecule has 0 unspecified atom stereocenters. The topological polar surface area (TPSA) is 96.2 Å². The van der Waals surface area contributed by atoms with Gasteiger partial charge in [-0.1, -0.05) is 6.92 Å². The molecular weight excluding hydrogens is 475 g/mol. The van der Waals surface area contributed by atoms with E-state index in [2.05, 4.69) is 25.2 Å². The monoisotopic (exact) mass is 499 g/mol. The molecule has 2 atom stereocenters. The van der Waals surface area contributed by atoms with Crippen molar-refractivity contribution in [1.82, 2.24) is 19.5 Å². The number of anilines is 3. The fourth-order valence-corrected chi connectivity index (χ4v) is 4.59. The summed E-state index contributed by atoms with van der Waals surface area (Å²) in [6.45, 7) is 2.27. The maximum absolute atomic E-state index is 13.4. The van der Waals surface area contributed by atoms with Gasteiger partial charge in [-0.25, -0.2) is 19.7 Å². The molecule has 12 heteroatoms. The molecule has 3 aromatic heterocycles. The van der Waals surface area contributed by atoms with E-state index in [4.69, 9.17) is 0 Å². The highest BCUT2D eigenvalue weighted by Gasteiger charge is 2.41. The van der Waals surface area contributed by atoms with E-state index in [0.717, 1.165) is 18.2 Å². The minimum atomic E-state index is -4.47. The van der Waals surface area contributed by atoms with E-state index in [1.165, 1.54) is 11.0 Å². The van der Waals surface area contributed by atoms with Gasteiger partial charge in [0.1, 0.15) is 11.5 Å². The molecule has 0 aromatic carbocycles. The van der Waals surface area contributed by atoms with E-state index < -0.39 is 30.3 Å². The number of nitrogens with one attached hydrogen (secondary N) is 1. The molecule has 0 radical (unpaired) electrons. The molecule has 9 nitrogen and oxygen atoms in total. The van der Waals surface area contributed by atoms with Crippen LogP contribution in [0.15, 0.2) is 43.0 Å². The minimum absolute atomic E-state index is 0.0959. The van der Waals surface area contributed by atoms with E-state index in [1.54, 1.807) is 36.9 Å². The summed E-state index contributed by atoms with van der Waals surface area (Å²) in [5, 5.41) is 2.81. The Bertz CT molecular complexity index is 1320. The molecule has 1 N–H and O–H groups in total. The highest BCUT2D eigenvalue weighted by molar-refractivity contribution is 6.05. The number of halogens is 3. The maximum atomic E-state index is 13.4. The first-order valence-electron chi connectivity index (χ1n) is 11.5. The molecule has 2 bridgehead atoms. The number of hydrogen-bond donors (Lipinski definition) is 1. The van der Waals surface area contributed by atoms with Gasteiger partial charge in [-0.05, 0) is 30.7 Å². The number of rotatable bonds is 5. The van der Waals surface area contributed by atoms with Crippen molar-refractivity contribution in [1.29, 1.82) is 0 Å². The molecule has 5 heterocycles. The zero-order valence-electron chi connectivity index (χ0n) is 19.7. The second-order valence-corrected chi connectivity index (χ2v) is 9.12. The summed E-state index contributed by atoms with van der Waals surface area (Å²) in [7, 11) is 1.86. The van der Waals surface area contributed by atoms with Crippen LogP contribution in [0, 0.1) is 5.92 Å². The molecule has 2 aliphatic rings. The molecular formula is C24H24F3N7O2. The lowest BCUT2D eigenvalue weighted by Crippen LogP contribution is -2.48. The molecule has 0 aliphatic carbocycles. The summed E-state index contributed by atoms with van der Waals surface area (Å²) in [6.07, 6.45) is 0.468. The Morgan fingerprint density at radius 2 is 2.06 bits per heavy atom. The van der Waals surface area contributed by atoms with Crippen LogP contribution in [0.1, 0.15) is 30.3 Å². The number of amides is 2.